The molecule has 0 saturated carbocycles. The van der Waals surface area contributed by atoms with Gasteiger partial charge in [-0.1, -0.05) is 23.2 Å². The van der Waals surface area contributed by atoms with Crippen LogP contribution in [0.5, 0.6) is 5.75 Å². The van der Waals surface area contributed by atoms with Crippen LogP contribution in [0.25, 0.3) is 0 Å². The van der Waals surface area contributed by atoms with Crippen LogP contribution in [0, 0.1) is 0 Å². The predicted octanol–water partition coefficient (Wildman–Crippen LogP) is 3.56. The standard InChI is InChI=1S/C16H21Cl2NO4/c1-4-22-16(21)7-8-19(11(2)3)15(20)10-23-14-6-5-12(17)9-13(14)18/h5-6,9,11H,4,7-8,10H2,1-3H3. The summed E-state index contributed by atoms with van der Waals surface area (Å²) < 4.78 is 10.3. The number of amides is 1. The van der Waals surface area contributed by atoms with Gasteiger partial charge in [0, 0.05) is 17.6 Å². The highest BCUT2D eigenvalue weighted by Crippen LogP contribution is 2.27. The van der Waals surface area contributed by atoms with Gasteiger partial charge in [-0.05, 0) is 39.0 Å². The summed E-state index contributed by atoms with van der Waals surface area (Å²) >= 11 is 11.8. The minimum atomic E-state index is -0.326. The van der Waals surface area contributed by atoms with Crippen molar-refractivity contribution < 1.29 is 19.1 Å². The number of carbonyl (C=O) groups excluding carboxylic acids is 2. The number of hydrogen-bond donors (Lipinski definition) is 0. The molecule has 0 aliphatic carbocycles. The molecule has 1 aromatic rings. The van der Waals surface area contributed by atoms with E-state index in [-0.39, 0.29) is 37.5 Å². The van der Waals surface area contributed by atoms with Crippen LogP contribution in [0.4, 0.5) is 0 Å². The van der Waals surface area contributed by atoms with Gasteiger partial charge in [0.15, 0.2) is 6.61 Å². The molecule has 0 radical (unpaired) electrons. The van der Waals surface area contributed by atoms with E-state index in [0.717, 1.165) is 0 Å². The van der Waals surface area contributed by atoms with E-state index in [2.05, 4.69) is 0 Å². The topological polar surface area (TPSA) is 55.8 Å². The maximum atomic E-state index is 12.3. The van der Waals surface area contributed by atoms with Crippen LogP contribution >= 0.6 is 23.2 Å². The lowest BCUT2D eigenvalue weighted by atomic mass is 10.2. The molecule has 0 fully saturated rings. The third-order valence-electron chi connectivity index (χ3n) is 3.05. The Labute approximate surface area is 146 Å². The molecule has 0 aliphatic rings. The Hall–Kier alpha value is -1.46. The van der Waals surface area contributed by atoms with E-state index >= 15 is 0 Å². The first-order valence-corrected chi connectivity index (χ1v) is 8.13. The van der Waals surface area contributed by atoms with Crippen LogP contribution in [-0.2, 0) is 14.3 Å². The molecule has 0 saturated heterocycles. The molecular weight excluding hydrogens is 341 g/mol. The maximum absolute atomic E-state index is 12.3. The van der Waals surface area contributed by atoms with Gasteiger partial charge in [0.2, 0.25) is 0 Å². The molecule has 0 spiro atoms. The molecule has 0 atom stereocenters. The SMILES string of the molecule is CCOC(=O)CCN(C(=O)COc1ccc(Cl)cc1Cl)C(C)C. The zero-order valence-corrected chi connectivity index (χ0v) is 15.0. The summed E-state index contributed by atoms with van der Waals surface area (Å²) in [5.74, 6) is -0.165. The summed E-state index contributed by atoms with van der Waals surface area (Å²) in [5, 5.41) is 0.833. The Balaban J connectivity index is 2.58. The fourth-order valence-electron chi connectivity index (χ4n) is 1.93. The molecule has 0 aliphatic heterocycles. The molecule has 1 rings (SSSR count). The lowest BCUT2D eigenvalue weighted by Crippen LogP contribution is -2.41. The number of ether oxygens (including phenoxy) is 2. The number of rotatable bonds is 8. The lowest BCUT2D eigenvalue weighted by Gasteiger charge is -2.26. The minimum absolute atomic E-state index is 0.0544. The van der Waals surface area contributed by atoms with Gasteiger partial charge in [0.25, 0.3) is 5.91 Å². The number of halogens is 2. The largest absolute Gasteiger partial charge is 0.482 e. The number of benzene rings is 1. The molecule has 23 heavy (non-hydrogen) atoms. The van der Waals surface area contributed by atoms with E-state index in [9.17, 15) is 9.59 Å². The quantitative estimate of drug-likeness (QED) is 0.664. The van der Waals surface area contributed by atoms with Crippen molar-refractivity contribution in [3.05, 3.63) is 28.2 Å². The van der Waals surface area contributed by atoms with E-state index in [1.54, 1.807) is 30.0 Å². The number of nitrogens with zero attached hydrogens (tertiary/aromatic N) is 1. The third kappa shape index (κ3) is 6.67. The highest BCUT2D eigenvalue weighted by Gasteiger charge is 2.19. The van der Waals surface area contributed by atoms with E-state index < -0.39 is 0 Å². The zero-order valence-electron chi connectivity index (χ0n) is 13.5. The van der Waals surface area contributed by atoms with Crippen molar-refractivity contribution in [3.8, 4) is 5.75 Å². The Morgan fingerprint density at radius 3 is 2.52 bits per heavy atom. The third-order valence-corrected chi connectivity index (χ3v) is 3.58. The maximum Gasteiger partial charge on any atom is 0.307 e. The summed E-state index contributed by atoms with van der Waals surface area (Å²) in [6.07, 6.45) is 0.152. The fourth-order valence-corrected chi connectivity index (χ4v) is 2.39. The first kappa shape index (κ1) is 19.6. The normalized spacial score (nSPS) is 10.5. The number of hydrogen-bond acceptors (Lipinski definition) is 4. The van der Waals surface area contributed by atoms with Gasteiger partial charge in [0.05, 0.1) is 18.1 Å². The van der Waals surface area contributed by atoms with Crippen LogP contribution in [0.1, 0.15) is 27.2 Å². The number of esters is 1. The molecule has 7 heteroatoms. The highest BCUT2D eigenvalue weighted by atomic mass is 35.5. The van der Waals surface area contributed by atoms with Crippen LogP contribution in [0.2, 0.25) is 10.0 Å². The van der Waals surface area contributed by atoms with E-state index in [1.807, 2.05) is 13.8 Å². The van der Waals surface area contributed by atoms with Gasteiger partial charge in [-0.25, -0.2) is 0 Å². The van der Waals surface area contributed by atoms with Crippen molar-refractivity contribution in [2.45, 2.75) is 33.2 Å². The van der Waals surface area contributed by atoms with Crippen molar-refractivity contribution in [2.24, 2.45) is 0 Å². The second-order valence-corrected chi connectivity index (χ2v) is 5.94. The molecule has 1 amide bonds. The summed E-state index contributed by atoms with van der Waals surface area (Å²) in [5.41, 5.74) is 0. The molecule has 5 nitrogen and oxygen atoms in total. The number of carbonyl (C=O) groups is 2. The van der Waals surface area contributed by atoms with Crippen LogP contribution < -0.4 is 4.74 Å². The average molecular weight is 362 g/mol. The smallest absolute Gasteiger partial charge is 0.307 e. The first-order chi connectivity index (χ1) is 10.8. The van der Waals surface area contributed by atoms with Crippen LogP contribution in [-0.4, -0.2) is 42.6 Å². The predicted molar refractivity (Wildman–Crippen MR) is 90.1 cm³/mol. The highest BCUT2D eigenvalue weighted by molar-refractivity contribution is 6.35. The molecular formula is C16H21Cl2NO4. The molecule has 0 unspecified atom stereocenters. The van der Waals surface area contributed by atoms with Gasteiger partial charge in [-0.2, -0.15) is 0 Å². The van der Waals surface area contributed by atoms with Gasteiger partial charge in [-0.3, -0.25) is 9.59 Å². The molecule has 0 N–H and O–H groups in total. The Kier molecular flexibility index (Phi) is 8.20. The second kappa shape index (κ2) is 9.63. The monoisotopic (exact) mass is 361 g/mol. The zero-order chi connectivity index (χ0) is 17.4. The van der Waals surface area contributed by atoms with Gasteiger partial charge in [-0.15, -0.1) is 0 Å². The van der Waals surface area contributed by atoms with E-state index in [4.69, 9.17) is 32.7 Å². The van der Waals surface area contributed by atoms with Crippen molar-refractivity contribution in [2.75, 3.05) is 19.8 Å². The minimum Gasteiger partial charge on any atom is -0.482 e. The van der Waals surface area contributed by atoms with Crippen LogP contribution in [0.3, 0.4) is 0 Å². The van der Waals surface area contributed by atoms with Crippen molar-refractivity contribution in [1.82, 2.24) is 4.90 Å². The molecule has 128 valence electrons. The Bertz CT molecular complexity index is 549. The molecule has 0 bridgehead atoms. The lowest BCUT2D eigenvalue weighted by molar-refractivity contribution is -0.144. The van der Waals surface area contributed by atoms with Gasteiger partial charge >= 0.3 is 5.97 Å². The molecule has 0 heterocycles. The average Bonchev–Trinajstić information content (AvgIpc) is 2.46. The van der Waals surface area contributed by atoms with Gasteiger partial charge in [0.1, 0.15) is 5.75 Å². The fraction of sp³-hybridized carbons (Fsp3) is 0.500. The van der Waals surface area contributed by atoms with Crippen molar-refractivity contribution >= 4 is 35.1 Å². The van der Waals surface area contributed by atoms with Crippen molar-refractivity contribution in [3.63, 3.8) is 0 Å². The summed E-state index contributed by atoms with van der Waals surface area (Å²) in [6.45, 7) is 5.94. The van der Waals surface area contributed by atoms with E-state index in [1.165, 1.54) is 0 Å². The van der Waals surface area contributed by atoms with Crippen molar-refractivity contribution in [1.29, 1.82) is 0 Å². The summed E-state index contributed by atoms with van der Waals surface area (Å²) in [7, 11) is 0. The second-order valence-electron chi connectivity index (χ2n) is 5.10. The first-order valence-electron chi connectivity index (χ1n) is 7.38. The summed E-state index contributed by atoms with van der Waals surface area (Å²) in [4.78, 5) is 25.3. The molecule has 0 aromatic heterocycles. The Morgan fingerprint density at radius 2 is 1.96 bits per heavy atom. The van der Waals surface area contributed by atoms with E-state index in [0.29, 0.717) is 22.4 Å². The van der Waals surface area contributed by atoms with Crippen LogP contribution in [0.15, 0.2) is 18.2 Å². The molecule has 1 aromatic carbocycles. The Morgan fingerprint density at radius 1 is 1.26 bits per heavy atom. The van der Waals surface area contributed by atoms with Gasteiger partial charge < -0.3 is 14.4 Å². The summed E-state index contributed by atoms with van der Waals surface area (Å²) in [6, 6.07) is 4.73.